The van der Waals surface area contributed by atoms with Crippen molar-refractivity contribution in [2.45, 2.75) is 31.7 Å². The first-order valence-corrected chi connectivity index (χ1v) is 10.5. The first-order chi connectivity index (χ1) is 13.6. The molecule has 0 aliphatic heterocycles. The molecule has 2 aromatic carbocycles. The summed E-state index contributed by atoms with van der Waals surface area (Å²) in [6.45, 7) is 5.03. The number of ether oxygens (including phenoxy) is 1. The van der Waals surface area contributed by atoms with Gasteiger partial charge in [-0.25, -0.2) is 8.42 Å². The van der Waals surface area contributed by atoms with Crippen molar-refractivity contribution in [3.63, 3.8) is 0 Å². The number of rotatable bonds is 8. The van der Waals surface area contributed by atoms with E-state index in [4.69, 9.17) is 4.74 Å². The van der Waals surface area contributed by atoms with Crippen LogP contribution in [0.25, 0.3) is 0 Å². The molecule has 2 aromatic rings. The van der Waals surface area contributed by atoms with Crippen LogP contribution in [0.1, 0.15) is 20.8 Å². The Morgan fingerprint density at radius 3 is 1.76 bits per heavy atom. The maximum Gasteiger partial charge on any atom is 0.242 e. The zero-order valence-electron chi connectivity index (χ0n) is 16.7. The summed E-state index contributed by atoms with van der Waals surface area (Å²) in [5.41, 5.74) is 1.09. The minimum Gasteiger partial charge on any atom is -0.497 e. The van der Waals surface area contributed by atoms with E-state index in [-0.39, 0.29) is 16.7 Å². The lowest BCUT2D eigenvalue weighted by Gasteiger charge is -2.15. The number of hydrogen-bond acceptors (Lipinski definition) is 5. The maximum atomic E-state index is 12.4. The van der Waals surface area contributed by atoms with Gasteiger partial charge in [-0.3, -0.25) is 9.59 Å². The molecule has 9 heteroatoms. The summed E-state index contributed by atoms with van der Waals surface area (Å²) in [4.78, 5) is 24.1. The van der Waals surface area contributed by atoms with E-state index in [1.54, 1.807) is 38.1 Å². The Bertz CT molecular complexity index is 955. The molecular weight excluding hydrogens is 394 g/mol. The topological polar surface area (TPSA) is 114 Å². The molecule has 0 aliphatic carbocycles. The fourth-order valence-electron chi connectivity index (χ4n) is 2.28. The quantitative estimate of drug-likeness (QED) is 0.609. The number of amides is 2. The van der Waals surface area contributed by atoms with Crippen LogP contribution in [0.3, 0.4) is 0 Å². The predicted molar refractivity (Wildman–Crippen MR) is 111 cm³/mol. The summed E-state index contributed by atoms with van der Waals surface area (Å²) in [5.74, 6) is -0.235. The standard InChI is InChI=1S/C20H25N3O5S/c1-13(2)19(24)21-15-5-7-16(8-6-15)22-20(25)14(3)23-29(26,27)18-11-9-17(28-4)10-12-18/h5-14,23H,1-4H3,(H,21,24)(H,22,25)/t14-/m0/s1. The van der Waals surface area contributed by atoms with Gasteiger partial charge in [0, 0.05) is 17.3 Å². The Morgan fingerprint density at radius 2 is 1.31 bits per heavy atom. The largest absolute Gasteiger partial charge is 0.497 e. The molecule has 156 valence electrons. The molecule has 2 rings (SSSR count). The van der Waals surface area contributed by atoms with Crippen LogP contribution >= 0.6 is 0 Å². The molecule has 29 heavy (non-hydrogen) atoms. The van der Waals surface area contributed by atoms with Gasteiger partial charge in [0.25, 0.3) is 0 Å². The van der Waals surface area contributed by atoms with Gasteiger partial charge in [0.1, 0.15) is 5.75 Å². The lowest BCUT2D eigenvalue weighted by molar-refractivity contribution is -0.119. The van der Waals surface area contributed by atoms with E-state index < -0.39 is 22.0 Å². The van der Waals surface area contributed by atoms with Crippen LogP contribution in [0.5, 0.6) is 5.75 Å². The normalized spacial score (nSPS) is 12.3. The molecule has 2 amide bonds. The Kier molecular flexibility index (Phi) is 7.35. The number of methoxy groups -OCH3 is 1. The number of carbonyl (C=O) groups is 2. The highest BCUT2D eigenvalue weighted by atomic mass is 32.2. The zero-order chi connectivity index (χ0) is 21.6. The fourth-order valence-corrected chi connectivity index (χ4v) is 3.49. The van der Waals surface area contributed by atoms with Crippen LogP contribution in [-0.2, 0) is 19.6 Å². The third-order valence-electron chi connectivity index (χ3n) is 4.04. The zero-order valence-corrected chi connectivity index (χ0v) is 17.5. The molecule has 0 radical (unpaired) electrons. The van der Waals surface area contributed by atoms with E-state index in [2.05, 4.69) is 15.4 Å². The van der Waals surface area contributed by atoms with E-state index in [1.165, 1.54) is 38.3 Å². The van der Waals surface area contributed by atoms with E-state index in [0.717, 1.165) is 0 Å². The first kappa shape index (κ1) is 22.4. The maximum absolute atomic E-state index is 12.4. The van der Waals surface area contributed by atoms with Gasteiger partial charge in [-0.05, 0) is 55.5 Å². The monoisotopic (exact) mass is 419 g/mol. The highest BCUT2D eigenvalue weighted by molar-refractivity contribution is 7.89. The molecule has 0 aromatic heterocycles. The van der Waals surface area contributed by atoms with Gasteiger partial charge in [0.15, 0.2) is 0 Å². The second-order valence-electron chi connectivity index (χ2n) is 6.73. The van der Waals surface area contributed by atoms with Crippen molar-refractivity contribution in [1.29, 1.82) is 0 Å². The number of nitrogens with one attached hydrogen (secondary N) is 3. The third-order valence-corrected chi connectivity index (χ3v) is 5.60. The molecule has 8 nitrogen and oxygen atoms in total. The number of carbonyl (C=O) groups excluding carboxylic acids is 2. The Labute approximate surface area is 170 Å². The van der Waals surface area contributed by atoms with E-state index >= 15 is 0 Å². The summed E-state index contributed by atoms with van der Waals surface area (Å²) in [6.07, 6.45) is 0. The fraction of sp³-hybridized carbons (Fsp3) is 0.300. The molecule has 0 saturated heterocycles. The predicted octanol–water partition coefficient (Wildman–Crippen LogP) is 2.60. The molecule has 0 spiro atoms. The summed E-state index contributed by atoms with van der Waals surface area (Å²) >= 11 is 0. The van der Waals surface area contributed by atoms with Crippen molar-refractivity contribution in [3.05, 3.63) is 48.5 Å². The van der Waals surface area contributed by atoms with Gasteiger partial charge in [0.2, 0.25) is 21.8 Å². The highest BCUT2D eigenvalue weighted by Crippen LogP contribution is 2.17. The van der Waals surface area contributed by atoms with Crippen molar-refractivity contribution in [1.82, 2.24) is 4.72 Å². The third kappa shape index (κ3) is 6.30. The van der Waals surface area contributed by atoms with Crippen LogP contribution in [0.2, 0.25) is 0 Å². The number of sulfonamides is 1. The Hall–Kier alpha value is -2.91. The molecule has 0 fully saturated rings. The second-order valence-corrected chi connectivity index (χ2v) is 8.44. The molecule has 0 bridgehead atoms. The van der Waals surface area contributed by atoms with Crippen LogP contribution in [0.4, 0.5) is 11.4 Å². The lowest BCUT2D eigenvalue weighted by Crippen LogP contribution is -2.41. The minimum atomic E-state index is -3.86. The molecule has 3 N–H and O–H groups in total. The summed E-state index contributed by atoms with van der Waals surface area (Å²) in [6, 6.07) is 11.4. The van der Waals surface area contributed by atoms with Crippen LogP contribution in [0.15, 0.2) is 53.4 Å². The van der Waals surface area contributed by atoms with Gasteiger partial charge in [-0.2, -0.15) is 4.72 Å². The van der Waals surface area contributed by atoms with Gasteiger partial charge < -0.3 is 15.4 Å². The molecule has 0 aliphatic rings. The summed E-state index contributed by atoms with van der Waals surface area (Å²) in [7, 11) is -2.38. The highest BCUT2D eigenvalue weighted by Gasteiger charge is 2.22. The van der Waals surface area contributed by atoms with Gasteiger partial charge in [0.05, 0.1) is 18.0 Å². The average Bonchev–Trinajstić information content (AvgIpc) is 2.69. The van der Waals surface area contributed by atoms with Crippen molar-refractivity contribution in [3.8, 4) is 5.75 Å². The van der Waals surface area contributed by atoms with Crippen LogP contribution in [-0.4, -0.2) is 33.4 Å². The van der Waals surface area contributed by atoms with Crippen LogP contribution < -0.4 is 20.1 Å². The van der Waals surface area contributed by atoms with Crippen molar-refractivity contribution in [2.24, 2.45) is 5.92 Å². The molecule has 1 atom stereocenters. The second kappa shape index (κ2) is 9.53. The van der Waals surface area contributed by atoms with Crippen molar-refractivity contribution >= 4 is 33.2 Å². The van der Waals surface area contributed by atoms with E-state index in [1.807, 2.05) is 0 Å². The van der Waals surface area contributed by atoms with Gasteiger partial charge in [-0.1, -0.05) is 13.8 Å². The summed E-state index contributed by atoms with van der Waals surface area (Å²) < 4.78 is 32.2. The number of benzene rings is 2. The summed E-state index contributed by atoms with van der Waals surface area (Å²) in [5, 5.41) is 5.39. The van der Waals surface area contributed by atoms with Gasteiger partial charge >= 0.3 is 0 Å². The lowest BCUT2D eigenvalue weighted by atomic mass is 10.2. The average molecular weight is 420 g/mol. The smallest absolute Gasteiger partial charge is 0.242 e. The van der Waals surface area contributed by atoms with Crippen molar-refractivity contribution < 1.29 is 22.7 Å². The number of anilines is 2. The minimum absolute atomic E-state index is 0.0307. The Balaban J connectivity index is 1.98. The first-order valence-electron chi connectivity index (χ1n) is 9.00. The number of hydrogen-bond donors (Lipinski definition) is 3. The van der Waals surface area contributed by atoms with Crippen molar-refractivity contribution in [2.75, 3.05) is 17.7 Å². The Morgan fingerprint density at radius 1 is 0.828 bits per heavy atom. The SMILES string of the molecule is COc1ccc(S(=O)(=O)N[C@@H](C)C(=O)Nc2ccc(NC(=O)C(C)C)cc2)cc1. The van der Waals surface area contributed by atoms with E-state index in [0.29, 0.717) is 17.1 Å². The molecule has 0 heterocycles. The molecular formula is C20H25N3O5S. The molecule has 0 saturated carbocycles. The van der Waals surface area contributed by atoms with E-state index in [9.17, 15) is 18.0 Å². The molecule has 0 unspecified atom stereocenters. The van der Waals surface area contributed by atoms with Crippen LogP contribution in [0, 0.1) is 5.92 Å². The van der Waals surface area contributed by atoms with Gasteiger partial charge in [-0.15, -0.1) is 0 Å².